The molecule has 1 aliphatic heterocycles. The lowest BCUT2D eigenvalue weighted by Crippen LogP contribution is -2.30. The lowest BCUT2D eigenvalue weighted by molar-refractivity contribution is 0.335. The minimum absolute atomic E-state index is 0.653. The number of oxazole rings is 1. The number of nitrogens with one attached hydrogen (secondary N) is 1. The molecule has 17 heavy (non-hydrogen) atoms. The van der Waals surface area contributed by atoms with Gasteiger partial charge in [0, 0.05) is 12.3 Å². The summed E-state index contributed by atoms with van der Waals surface area (Å²) in [6.07, 6.45) is 10.9. The number of nitrogens with zero attached hydrogens (tertiary/aromatic N) is 1. The number of rotatable bonds is 3. The predicted molar refractivity (Wildman–Crippen MR) is 67.0 cm³/mol. The zero-order valence-corrected chi connectivity index (χ0v) is 10.5. The normalized spacial score (nSPS) is 26.5. The van der Waals surface area contributed by atoms with Gasteiger partial charge in [-0.25, -0.2) is 4.98 Å². The second-order valence-corrected chi connectivity index (χ2v) is 5.55. The average Bonchev–Trinajstić information content (AvgIpc) is 3.00. The molecule has 1 atom stereocenters. The minimum Gasteiger partial charge on any atom is -0.445 e. The third-order valence-corrected chi connectivity index (χ3v) is 4.19. The standard InChI is InChI=1S/C14H22N2O/c1-2-6-12(5-1)13-10-16-14(17-13)8-11-4-3-7-15-9-11/h10-12,15H,1-9H2. The van der Waals surface area contributed by atoms with Gasteiger partial charge in [0.1, 0.15) is 5.76 Å². The van der Waals surface area contributed by atoms with Gasteiger partial charge in [-0.1, -0.05) is 12.8 Å². The summed E-state index contributed by atoms with van der Waals surface area (Å²) >= 11 is 0. The second-order valence-electron chi connectivity index (χ2n) is 5.55. The molecule has 2 aliphatic rings. The van der Waals surface area contributed by atoms with Crippen molar-refractivity contribution in [1.29, 1.82) is 0 Å². The Balaban J connectivity index is 1.59. The Kier molecular flexibility index (Phi) is 3.46. The van der Waals surface area contributed by atoms with Crippen LogP contribution in [0.2, 0.25) is 0 Å². The van der Waals surface area contributed by atoms with Gasteiger partial charge in [0.15, 0.2) is 5.89 Å². The van der Waals surface area contributed by atoms with Gasteiger partial charge in [0.2, 0.25) is 0 Å². The molecule has 0 aromatic carbocycles. The van der Waals surface area contributed by atoms with Gasteiger partial charge < -0.3 is 9.73 Å². The first kappa shape index (κ1) is 11.3. The topological polar surface area (TPSA) is 38.1 Å². The highest BCUT2D eigenvalue weighted by Crippen LogP contribution is 2.34. The molecule has 1 saturated heterocycles. The van der Waals surface area contributed by atoms with Crippen LogP contribution >= 0.6 is 0 Å². The van der Waals surface area contributed by atoms with Crippen molar-refractivity contribution in [3.8, 4) is 0 Å². The van der Waals surface area contributed by atoms with Crippen molar-refractivity contribution in [3.05, 3.63) is 17.8 Å². The smallest absolute Gasteiger partial charge is 0.194 e. The van der Waals surface area contributed by atoms with Crippen LogP contribution in [0.4, 0.5) is 0 Å². The highest BCUT2D eigenvalue weighted by molar-refractivity contribution is 5.04. The molecule has 2 heterocycles. The first-order valence-corrected chi connectivity index (χ1v) is 7.07. The van der Waals surface area contributed by atoms with Crippen LogP contribution in [0.15, 0.2) is 10.6 Å². The molecule has 1 aromatic rings. The molecular formula is C14H22N2O. The van der Waals surface area contributed by atoms with E-state index in [9.17, 15) is 0 Å². The quantitative estimate of drug-likeness (QED) is 0.874. The van der Waals surface area contributed by atoms with Crippen molar-refractivity contribution >= 4 is 0 Å². The van der Waals surface area contributed by atoms with E-state index in [2.05, 4.69) is 10.3 Å². The van der Waals surface area contributed by atoms with Gasteiger partial charge in [-0.3, -0.25) is 0 Å². The van der Waals surface area contributed by atoms with Crippen LogP contribution in [0.3, 0.4) is 0 Å². The number of hydrogen-bond donors (Lipinski definition) is 1. The van der Waals surface area contributed by atoms with E-state index in [4.69, 9.17) is 4.42 Å². The van der Waals surface area contributed by atoms with Gasteiger partial charge in [-0.15, -0.1) is 0 Å². The van der Waals surface area contributed by atoms with E-state index in [1.807, 2.05) is 6.20 Å². The lowest BCUT2D eigenvalue weighted by Gasteiger charge is -2.21. The highest BCUT2D eigenvalue weighted by atomic mass is 16.4. The zero-order chi connectivity index (χ0) is 11.5. The van der Waals surface area contributed by atoms with Crippen LogP contribution in [-0.4, -0.2) is 18.1 Å². The molecule has 3 heteroatoms. The van der Waals surface area contributed by atoms with Crippen LogP contribution < -0.4 is 5.32 Å². The summed E-state index contributed by atoms with van der Waals surface area (Å²) in [7, 11) is 0. The van der Waals surface area contributed by atoms with Crippen molar-refractivity contribution in [1.82, 2.24) is 10.3 Å². The molecular weight excluding hydrogens is 212 g/mol. The monoisotopic (exact) mass is 234 g/mol. The summed E-state index contributed by atoms with van der Waals surface area (Å²) in [5.74, 6) is 3.47. The Hall–Kier alpha value is -0.830. The van der Waals surface area contributed by atoms with Crippen LogP contribution in [0.5, 0.6) is 0 Å². The molecule has 1 saturated carbocycles. The number of hydrogen-bond acceptors (Lipinski definition) is 3. The van der Waals surface area contributed by atoms with Crippen LogP contribution in [-0.2, 0) is 6.42 Å². The number of piperidine rings is 1. The van der Waals surface area contributed by atoms with E-state index in [0.717, 1.165) is 30.5 Å². The molecule has 0 amide bonds. The Morgan fingerprint density at radius 1 is 1.24 bits per heavy atom. The first-order valence-electron chi connectivity index (χ1n) is 7.07. The molecule has 1 aliphatic carbocycles. The second kappa shape index (κ2) is 5.21. The van der Waals surface area contributed by atoms with Crippen molar-refractivity contribution in [3.63, 3.8) is 0 Å². The van der Waals surface area contributed by atoms with E-state index in [1.165, 1.54) is 45.1 Å². The number of aromatic nitrogens is 1. The van der Waals surface area contributed by atoms with E-state index >= 15 is 0 Å². The highest BCUT2D eigenvalue weighted by Gasteiger charge is 2.22. The molecule has 0 bridgehead atoms. The molecule has 94 valence electrons. The van der Waals surface area contributed by atoms with Crippen molar-refractivity contribution in [2.75, 3.05) is 13.1 Å². The fourth-order valence-corrected chi connectivity index (χ4v) is 3.16. The third kappa shape index (κ3) is 2.71. The third-order valence-electron chi connectivity index (χ3n) is 4.19. The van der Waals surface area contributed by atoms with Crippen molar-refractivity contribution < 1.29 is 4.42 Å². The van der Waals surface area contributed by atoms with Gasteiger partial charge in [-0.05, 0) is 44.7 Å². The molecule has 3 rings (SSSR count). The largest absolute Gasteiger partial charge is 0.445 e. The van der Waals surface area contributed by atoms with Gasteiger partial charge in [0.25, 0.3) is 0 Å². The molecule has 0 spiro atoms. The Bertz CT molecular complexity index is 349. The molecule has 1 unspecified atom stereocenters. The summed E-state index contributed by atoms with van der Waals surface area (Å²) in [4.78, 5) is 4.46. The van der Waals surface area contributed by atoms with E-state index in [0.29, 0.717) is 5.92 Å². The Morgan fingerprint density at radius 3 is 2.88 bits per heavy atom. The van der Waals surface area contributed by atoms with Gasteiger partial charge in [-0.2, -0.15) is 0 Å². The van der Waals surface area contributed by atoms with Crippen LogP contribution in [0, 0.1) is 5.92 Å². The maximum atomic E-state index is 5.93. The molecule has 2 fully saturated rings. The first-order chi connectivity index (χ1) is 8.42. The zero-order valence-electron chi connectivity index (χ0n) is 10.5. The maximum absolute atomic E-state index is 5.93. The summed E-state index contributed by atoms with van der Waals surface area (Å²) < 4.78 is 5.93. The van der Waals surface area contributed by atoms with E-state index in [-0.39, 0.29) is 0 Å². The van der Waals surface area contributed by atoms with E-state index in [1.54, 1.807) is 0 Å². The summed E-state index contributed by atoms with van der Waals surface area (Å²) in [5, 5.41) is 3.45. The van der Waals surface area contributed by atoms with Crippen molar-refractivity contribution in [2.45, 2.75) is 50.9 Å². The molecule has 0 radical (unpaired) electrons. The van der Waals surface area contributed by atoms with Crippen molar-refractivity contribution in [2.24, 2.45) is 5.92 Å². The minimum atomic E-state index is 0.653. The maximum Gasteiger partial charge on any atom is 0.194 e. The van der Waals surface area contributed by atoms with Crippen LogP contribution in [0.25, 0.3) is 0 Å². The summed E-state index contributed by atoms with van der Waals surface area (Å²) in [6, 6.07) is 0. The van der Waals surface area contributed by atoms with Crippen LogP contribution in [0.1, 0.15) is 56.1 Å². The summed E-state index contributed by atoms with van der Waals surface area (Å²) in [5.41, 5.74) is 0. The SMILES string of the molecule is c1nc(CC2CCCNC2)oc1C1CCCC1. The Labute approximate surface area is 103 Å². The Morgan fingerprint density at radius 2 is 2.12 bits per heavy atom. The van der Waals surface area contributed by atoms with Gasteiger partial charge >= 0.3 is 0 Å². The van der Waals surface area contributed by atoms with E-state index < -0.39 is 0 Å². The van der Waals surface area contributed by atoms with Gasteiger partial charge in [0.05, 0.1) is 6.20 Å². The predicted octanol–water partition coefficient (Wildman–Crippen LogP) is 2.87. The fraction of sp³-hybridized carbons (Fsp3) is 0.786. The molecule has 3 nitrogen and oxygen atoms in total. The summed E-state index contributed by atoms with van der Waals surface area (Å²) in [6.45, 7) is 2.30. The molecule has 1 N–H and O–H groups in total. The average molecular weight is 234 g/mol. The fourth-order valence-electron chi connectivity index (χ4n) is 3.16. The lowest BCUT2D eigenvalue weighted by atomic mass is 9.96. The molecule has 1 aromatic heterocycles.